The molecule has 2 rings (SSSR count). The summed E-state index contributed by atoms with van der Waals surface area (Å²) in [6.07, 6.45) is -4.52. The van der Waals surface area contributed by atoms with Crippen LogP contribution < -0.4 is 0 Å². The van der Waals surface area contributed by atoms with E-state index in [4.69, 9.17) is 11.6 Å². The van der Waals surface area contributed by atoms with Crippen molar-refractivity contribution in [3.05, 3.63) is 29.8 Å². The largest absolute Gasteiger partial charge is 0.416 e. The van der Waals surface area contributed by atoms with Crippen molar-refractivity contribution in [2.75, 3.05) is 32.1 Å². The predicted molar refractivity (Wildman–Crippen MR) is 77.5 cm³/mol. The number of piperazine rings is 1. The van der Waals surface area contributed by atoms with Crippen LogP contribution in [0.4, 0.5) is 13.2 Å². The number of amides is 1. The van der Waals surface area contributed by atoms with Crippen LogP contribution in [0.5, 0.6) is 0 Å². The Hall–Kier alpha value is -1.32. The fourth-order valence-corrected chi connectivity index (χ4v) is 3.82. The predicted octanol–water partition coefficient (Wildman–Crippen LogP) is 1.78. The summed E-state index contributed by atoms with van der Waals surface area (Å²) in [5.41, 5.74) is -0.908. The molecule has 5 nitrogen and oxygen atoms in total. The van der Waals surface area contributed by atoms with Crippen LogP contribution in [0.25, 0.3) is 0 Å². The Morgan fingerprint density at radius 1 is 1.09 bits per heavy atom. The lowest BCUT2D eigenvalue weighted by Crippen LogP contribution is -2.50. The Labute approximate surface area is 136 Å². The van der Waals surface area contributed by atoms with Gasteiger partial charge in [-0.05, 0) is 24.3 Å². The summed E-state index contributed by atoms with van der Waals surface area (Å²) in [6.45, 7) is 0.550. The van der Waals surface area contributed by atoms with Crippen molar-refractivity contribution < 1.29 is 26.4 Å². The number of hydrogen-bond donors (Lipinski definition) is 0. The average molecular weight is 371 g/mol. The molecule has 0 aromatic heterocycles. The molecule has 23 heavy (non-hydrogen) atoms. The lowest BCUT2D eigenvalue weighted by molar-refractivity contribution is -0.137. The van der Waals surface area contributed by atoms with Gasteiger partial charge in [-0.25, -0.2) is 8.42 Å². The van der Waals surface area contributed by atoms with Gasteiger partial charge in [0.25, 0.3) is 0 Å². The maximum Gasteiger partial charge on any atom is 0.416 e. The number of nitrogens with zero attached hydrogens (tertiary/aromatic N) is 2. The van der Waals surface area contributed by atoms with Crippen molar-refractivity contribution in [2.24, 2.45) is 0 Å². The smallest absolute Gasteiger partial charge is 0.339 e. The van der Waals surface area contributed by atoms with E-state index < -0.39 is 21.8 Å². The summed E-state index contributed by atoms with van der Waals surface area (Å²) in [5, 5.41) is 0. The molecular formula is C13H14ClF3N2O3S. The van der Waals surface area contributed by atoms with E-state index in [1.165, 1.54) is 4.90 Å². The minimum atomic E-state index is -4.52. The Kier molecular flexibility index (Phi) is 5.22. The monoisotopic (exact) mass is 370 g/mol. The second kappa shape index (κ2) is 6.66. The molecule has 128 valence electrons. The van der Waals surface area contributed by atoms with Gasteiger partial charge in [0.05, 0.1) is 10.5 Å². The number of hydrogen-bond acceptors (Lipinski definition) is 3. The van der Waals surface area contributed by atoms with Gasteiger partial charge in [-0.3, -0.25) is 4.79 Å². The van der Waals surface area contributed by atoms with Crippen molar-refractivity contribution in [1.82, 2.24) is 9.21 Å². The Morgan fingerprint density at radius 2 is 1.61 bits per heavy atom. The van der Waals surface area contributed by atoms with Crippen LogP contribution in [0.15, 0.2) is 29.2 Å². The highest BCUT2D eigenvalue weighted by atomic mass is 35.5. The van der Waals surface area contributed by atoms with Crippen LogP contribution in [-0.2, 0) is 21.0 Å². The second-order valence-electron chi connectivity index (χ2n) is 4.94. The van der Waals surface area contributed by atoms with Gasteiger partial charge in [0.15, 0.2) is 0 Å². The van der Waals surface area contributed by atoms with Gasteiger partial charge in [-0.2, -0.15) is 17.5 Å². The Morgan fingerprint density at radius 3 is 2.04 bits per heavy atom. The van der Waals surface area contributed by atoms with Crippen LogP contribution in [0.1, 0.15) is 5.56 Å². The molecule has 0 N–H and O–H groups in total. The number of carbonyl (C=O) groups excluding carboxylic acids is 1. The second-order valence-corrected chi connectivity index (χ2v) is 7.15. The maximum absolute atomic E-state index is 12.5. The van der Waals surface area contributed by atoms with Gasteiger partial charge in [-0.1, -0.05) is 0 Å². The molecule has 0 atom stereocenters. The first-order chi connectivity index (χ1) is 10.7. The molecule has 0 spiro atoms. The number of carbonyl (C=O) groups is 1. The number of benzene rings is 1. The maximum atomic E-state index is 12.5. The van der Waals surface area contributed by atoms with Crippen molar-refractivity contribution in [3.63, 3.8) is 0 Å². The molecule has 0 unspecified atom stereocenters. The first-order valence-corrected chi connectivity index (χ1v) is 8.65. The van der Waals surface area contributed by atoms with E-state index in [1.54, 1.807) is 0 Å². The molecule has 1 aliphatic rings. The Bertz CT molecular complexity index is 669. The number of halogens is 4. The number of sulfonamides is 1. The Balaban J connectivity index is 2.12. The lowest BCUT2D eigenvalue weighted by Gasteiger charge is -2.33. The van der Waals surface area contributed by atoms with Crippen LogP contribution >= 0.6 is 11.6 Å². The molecule has 0 bridgehead atoms. The molecule has 0 saturated carbocycles. The van der Waals surface area contributed by atoms with Gasteiger partial charge < -0.3 is 4.90 Å². The van der Waals surface area contributed by atoms with Gasteiger partial charge >= 0.3 is 6.18 Å². The van der Waals surface area contributed by atoms with E-state index in [-0.39, 0.29) is 42.9 Å². The van der Waals surface area contributed by atoms with E-state index in [2.05, 4.69) is 0 Å². The zero-order chi connectivity index (χ0) is 17.3. The fourth-order valence-electron chi connectivity index (χ4n) is 2.23. The molecule has 1 amide bonds. The van der Waals surface area contributed by atoms with Crippen molar-refractivity contribution in [3.8, 4) is 0 Å². The van der Waals surface area contributed by atoms with E-state index in [0.717, 1.165) is 28.6 Å². The highest BCUT2D eigenvalue weighted by Crippen LogP contribution is 2.30. The van der Waals surface area contributed by atoms with Crippen molar-refractivity contribution >= 4 is 27.5 Å². The van der Waals surface area contributed by atoms with Gasteiger partial charge in [0.2, 0.25) is 15.9 Å². The summed E-state index contributed by atoms with van der Waals surface area (Å²) in [4.78, 5) is 12.7. The molecule has 0 radical (unpaired) electrons. The highest BCUT2D eigenvalue weighted by molar-refractivity contribution is 7.89. The van der Waals surface area contributed by atoms with E-state index in [1.807, 2.05) is 0 Å². The fraction of sp³-hybridized carbons (Fsp3) is 0.462. The summed E-state index contributed by atoms with van der Waals surface area (Å²) in [5.74, 6) is -0.454. The third-order valence-electron chi connectivity index (χ3n) is 3.53. The summed E-state index contributed by atoms with van der Waals surface area (Å²) >= 11 is 5.44. The molecule has 1 aliphatic heterocycles. The van der Waals surface area contributed by atoms with Gasteiger partial charge in [0.1, 0.15) is 5.88 Å². The molecule has 0 aliphatic carbocycles. The number of rotatable bonds is 3. The topological polar surface area (TPSA) is 57.7 Å². The van der Waals surface area contributed by atoms with E-state index in [9.17, 15) is 26.4 Å². The zero-order valence-corrected chi connectivity index (χ0v) is 13.5. The van der Waals surface area contributed by atoms with Crippen LogP contribution in [0, 0.1) is 0 Å². The molecule has 1 saturated heterocycles. The molecule has 1 aromatic carbocycles. The quantitative estimate of drug-likeness (QED) is 0.762. The highest BCUT2D eigenvalue weighted by Gasteiger charge is 2.33. The molecule has 1 heterocycles. The summed E-state index contributed by atoms with van der Waals surface area (Å²) < 4.78 is 63.5. The first kappa shape index (κ1) is 18.0. The third-order valence-corrected chi connectivity index (χ3v) is 5.67. The van der Waals surface area contributed by atoms with Crippen LogP contribution in [0.3, 0.4) is 0 Å². The third kappa shape index (κ3) is 3.96. The van der Waals surface area contributed by atoms with Crippen LogP contribution in [-0.4, -0.2) is 55.6 Å². The summed E-state index contributed by atoms with van der Waals surface area (Å²) in [6, 6.07) is 3.35. The van der Waals surface area contributed by atoms with Gasteiger partial charge in [0, 0.05) is 26.2 Å². The minimum Gasteiger partial charge on any atom is -0.339 e. The lowest BCUT2D eigenvalue weighted by atomic mass is 10.2. The normalized spacial score (nSPS) is 17.3. The van der Waals surface area contributed by atoms with E-state index in [0.29, 0.717) is 0 Å². The number of alkyl halides is 4. The molecule has 1 fully saturated rings. The average Bonchev–Trinajstić information content (AvgIpc) is 2.53. The molecule has 10 heteroatoms. The zero-order valence-electron chi connectivity index (χ0n) is 11.9. The molecule has 1 aromatic rings. The van der Waals surface area contributed by atoms with Crippen LogP contribution in [0.2, 0.25) is 0 Å². The van der Waals surface area contributed by atoms with Gasteiger partial charge in [-0.15, -0.1) is 11.6 Å². The summed E-state index contributed by atoms with van der Waals surface area (Å²) in [7, 11) is -3.89. The standard InChI is InChI=1S/C13H14ClF3N2O3S/c14-9-12(20)18-5-7-19(8-6-18)23(21,22)11-3-1-10(2-4-11)13(15,16)17/h1-4H,5-9H2. The molecular weight excluding hydrogens is 357 g/mol. The van der Waals surface area contributed by atoms with E-state index >= 15 is 0 Å². The first-order valence-electron chi connectivity index (χ1n) is 6.67. The minimum absolute atomic E-state index is 0.0754. The van der Waals surface area contributed by atoms with Crippen molar-refractivity contribution in [1.29, 1.82) is 0 Å². The SMILES string of the molecule is O=C(CCl)N1CCN(S(=O)(=O)c2ccc(C(F)(F)F)cc2)CC1. The van der Waals surface area contributed by atoms with Crippen molar-refractivity contribution in [2.45, 2.75) is 11.1 Å².